The number of nitrogens with zero attached hydrogens (tertiary/aromatic N) is 1. The van der Waals surface area contributed by atoms with Crippen molar-refractivity contribution >= 4 is 5.91 Å². The van der Waals surface area contributed by atoms with Crippen LogP contribution < -0.4 is 10.6 Å². The highest BCUT2D eigenvalue weighted by atomic mass is 16.5. The molecule has 0 aromatic carbocycles. The second-order valence-corrected chi connectivity index (χ2v) is 7.76. The third-order valence-corrected chi connectivity index (χ3v) is 5.26. The molecule has 0 spiro atoms. The average Bonchev–Trinajstić information content (AvgIpc) is 2.57. The first kappa shape index (κ1) is 19.6. The number of morpholine rings is 1. The summed E-state index contributed by atoms with van der Waals surface area (Å²) in [6, 6.07) is 0. The van der Waals surface area contributed by atoms with E-state index in [1.165, 1.54) is 32.1 Å². The number of amides is 1. The molecule has 0 atom stereocenters. The molecule has 2 fully saturated rings. The number of rotatable bonds is 8. The van der Waals surface area contributed by atoms with Gasteiger partial charge in [-0.05, 0) is 26.7 Å². The Kier molecular flexibility index (Phi) is 7.47. The Hall–Kier alpha value is -0.690. The molecular weight excluding hydrogens is 306 g/mol. The van der Waals surface area contributed by atoms with Crippen molar-refractivity contribution in [3.05, 3.63) is 0 Å². The monoisotopic (exact) mass is 341 g/mol. The van der Waals surface area contributed by atoms with Gasteiger partial charge in [-0.15, -0.1) is 0 Å². The lowest BCUT2D eigenvalue weighted by atomic mass is 9.79. The molecule has 6 nitrogen and oxygen atoms in total. The van der Waals surface area contributed by atoms with Gasteiger partial charge >= 0.3 is 0 Å². The standard InChI is InChI=1S/C18H35N3O3/c1-17(2)15-21(10-12-24-17)18(7-5-4-6-8-18)14-20-16(22)13-19-9-11-23-3/h19H,4-15H2,1-3H3,(H,20,22). The van der Waals surface area contributed by atoms with Crippen LogP contribution >= 0.6 is 0 Å². The topological polar surface area (TPSA) is 62.8 Å². The van der Waals surface area contributed by atoms with Crippen LogP contribution in [0.1, 0.15) is 46.0 Å². The van der Waals surface area contributed by atoms with Crippen molar-refractivity contribution in [2.75, 3.05) is 53.0 Å². The van der Waals surface area contributed by atoms with Crippen molar-refractivity contribution in [3.8, 4) is 0 Å². The summed E-state index contributed by atoms with van der Waals surface area (Å²) in [4.78, 5) is 14.7. The van der Waals surface area contributed by atoms with Gasteiger partial charge in [-0.1, -0.05) is 19.3 Å². The average molecular weight is 341 g/mol. The summed E-state index contributed by atoms with van der Waals surface area (Å²) in [6.07, 6.45) is 6.14. The van der Waals surface area contributed by atoms with Crippen LogP contribution in [-0.4, -0.2) is 75.0 Å². The minimum Gasteiger partial charge on any atom is -0.383 e. The molecule has 0 bridgehead atoms. The molecule has 6 heteroatoms. The van der Waals surface area contributed by atoms with E-state index in [1.807, 2.05) is 0 Å². The zero-order valence-electron chi connectivity index (χ0n) is 15.7. The predicted molar refractivity (Wildman–Crippen MR) is 95.2 cm³/mol. The molecule has 1 saturated heterocycles. The van der Waals surface area contributed by atoms with Crippen molar-refractivity contribution in [1.82, 2.24) is 15.5 Å². The third kappa shape index (κ3) is 5.69. The number of carbonyl (C=O) groups excluding carboxylic acids is 1. The maximum Gasteiger partial charge on any atom is 0.234 e. The number of ether oxygens (including phenoxy) is 2. The lowest BCUT2D eigenvalue weighted by Gasteiger charge is -2.51. The molecule has 2 rings (SSSR count). The second-order valence-electron chi connectivity index (χ2n) is 7.76. The Morgan fingerprint density at radius 3 is 2.67 bits per heavy atom. The number of methoxy groups -OCH3 is 1. The van der Waals surface area contributed by atoms with E-state index in [9.17, 15) is 4.79 Å². The quantitative estimate of drug-likeness (QED) is 0.649. The van der Waals surface area contributed by atoms with Gasteiger partial charge in [-0.3, -0.25) is 9.69 Å². The normalized spacial score (nSPS) is 23.8. The summed E-state index contributed by atoms with van der Waals surface area (Å²) in [5, 5.41) is 6.28. The lowest BCUT2D eigenvalue weighted by molar-refractivity contribution is -0.128. The van der Waals surface area contributed by atoms with E-state index in [4.69, 9.17) is 9.47 Å². The van der Waals surface area contributed by atoms with Gasteiger partial charge in [0, 0.05) is 38.8 Å². The molecule has 0 unspecified atom stereocenters. The molecule has 0 aromatic rings. The Bertz CT molecular complexity index is 395. The maximum absolute atomic E-state index is 12.1. The predicted octanol–water partition coefficient (Wildman–Crippen LogP) is 1.15. The van der Waals surface area contributed by atoms with Gasteiger partial charge in [0.2, 0.25) is 5.91 Å². The van der Waals surface area contributed by atoms with Crippen molar-refractivity contribution in [1.29, 1.82) is 0 Å². The van der Waals surface area contributed by atoms with Crippen LogP contribution in [0.25, 0.3) is 0 Å². The van der Waals surface area contributed by atoms with E-state index in [1.54, 1.807) is 7.11 Å². The van der Waals surface area contributed by atoms with E-state index in [2.05, 4.69) is 29.4 Å². The number of carbonyl (C=O) groups is 1. The summed E-state index contributed by atoms with van der Waals surface area (Å²) >= 11 is 0. The van der Waals surface area contributed by atoms with Gasteiger partial charge in [-0.25, -0.2) is 0 Å². The molecule has 1 saturated carbocycles. The molecule has 24 heavy (non-hydrogen) atoms. The Labute approximate surface area is 146 Å². The van der Waals surface area contributed by atoms with Gasteiger partial charge in [0.15, 0.2) is 0 Å². The first-order valence-corrected chi connectivity index (χ1v) is 9.33. The number of nitrogens with one attached hydrogen (secondary N) is 2. The van der Waals surface area contributed by atoms with Crippen LogP contribution in [-0.2, 0) is 14.3 Å². The SMILES string of the molecule is COCCNCC(=O)NCC1(N2CCOC(C)(C)C2)CCCCC1. The summed E-state index contributed by atoms with van der Waals surface area (Å²) in [5.74, 6) is 0.0728. The minimum absolute atomic E-state index is 0.0728. The Balaban J connectivity index is 1.89. The van der Waals surface area contributed by atoms with Gasteiger partial charge in [-0.2, -0.15) is 0 Å². The maximum atomic E-state index is 12.1. The molecule has 1 amide bonds. The molecule has 140 valence electrons. The smallest absolute Gasteiger partial charge is 0.234 e. The van der Waals surface area contributed by atoms with Crippen LogP contribution in [0, 0.1) is 0 Å². The molecule has 0 radical (unpaired) electrons. The molecule has 1 heterocycles. The highest BCUT2D eigenvalue weighted by molar-refractivity contribution is 5.78. The third-order valence-electron chi connectivity index (χ3n) is 5.26. The van der Waals surface area contributed by atoms with Crippen LogP contribution in [0.3, 0.4) is 0 Å². The van der Waals surface area contributed by atoms with Gasteiger partial charge < -0.3 is 20.1 Å². The van der Waals surface area contributed by atoms with Gasteiger partial charge in [0.05, 0.1) is 25.4 Å². The second kappa shape index (κ2) is 9.13. The largest absolute Gasteiger partial charge is 0.383 e. The summed E-state index contributed by atoms with van der Waals surface area (Å²) < 4.78 is 10.9. The van der Waals surface area contributed by atoms with E-state index in [0.29, 0.717) is 19.7 Å². The highest BCUT2D eigenvalue weighted by Crippen LogP contribution is 2.35. The van der Waals surface area contributed by atoms with Crippen molar-refractivity contribution < 1.29 is 14.3 Å². The number of hydrogen-bond acceptors (Lipinski definition) is 5. The van der Waals surface area contributed by atoms with E-state index in [0.717, 1.165) is 26.2 Å². The Morgan fingerprint density at radius 2 is 2.00 bits per heavy atom. The molecule has 1 aliphatic carbocycles. The van der Waals surface area contributed by atoms with Gasteiger partial charge in [0.25, 0.3) is 0 Å². The highest BCUT2D eigenvalue weighted by Gasteiger charge is 2.42. The number of hydrogen-bond donors (Lipinski definition) is 2. The summed E-state index contributed by atoms with van der Waals surface area (Å²) in [5.41, 5.74) is -0.00406. The van der Waals surface area contributed by atoms with Crippen molar-refractivity contribution in [2.24, 2.45) is 0 Å². The van der Waals surface area contributed by atoms with E-state index >= 15 is 0 Å². The van der Waals surface area contributed by atoms with Crippen LogP contribution in [0.15, 0.2) is 0 Å². The van der Waals surface area contributed by atoms with Gasteiger partial charge in [0.1, 0.15) is 0 Å². The molecule has 2 N–H and O–H groups in total. The zero-order valence-corrected chi connectivity index (χ0v) is 15.7. The summed E-state index contributed by atoms with van der Waals surface area (Å²) in [7, 11) is 1.67. The van der Waals surface area contributed by atoms with E-state index < -0.39 is 0 Å². The molecule has 1 aliphatic heterocycles. The van der Waals surface area contributed by atoms with Crippen LogP contribution in [0.2, 0.25) is 0 Å². The van der Waals surface area contributed by atoms with Crippen molar-refractivity contribution in [3.63, 3.8) is 0 Å². The Morgan fingerprint density at radius 1 is 1.25 bits per heavy atom. The van der Waals surface area contributed by atoms with Crippen LogP contribution in [0.5, 0.6) is 0 Å². The first-order chi connectivity index (χ1) is 11.5. The summed E-state index contributed by atoms with van der Waals surface area (Å²) in [6.45, 7) is 9.43. The molecular formula is C18H35N3O3. The molecule has 0 aromatic heterocycles. The van der Waals surface area contributed by atoms with Crippen LogP contribution in [0.4, 0.5) is 0 Å². The fourth-order valence-corrected chi connectivity index (χ4v) is 3.94. The molecule has 2 aliphatic rings. The van der Waals surface area contributed by atoms with E-state index in [-0.39, 0.29) is 17.0 Å². The zero-order chi connectivity index (χ0) is 17.5. The van der Waals surface area contributed by atoms with Crippen molar-refractivity contribution in [2.45, 2.75) is 57.1 Å². The lowest BCUT2D eigenvalue weighted by Crippen LogP contribution is -2.63. The minimum atomic E-state index is -0.103. The fraction of sp³-hybridized carbons (Fsp3) is 0.944. The first-order valence-electron chi connectivity index (χ1n) is 9.33. The fourth-order valence-electron chi connectivity index (χ4n) is 3.94.